The van der Waals surface area contributed by atoms with Gasteiger partial charge in [0.1, 0.15) is 5.69 Å². The lowest BCUT2D eigenvalue weighted by Crippen LogP contribution is -2.39. The number of hydrogen-bond acceptors (Lipinski definition) is 4. The molecule has 3 heterocycles. The number of piperidine rings is 1. The van der Waals surface area contributed by atoms with Gasteiger partial charge in [0, 0.05) is 38.3 Å². The highest BCUT2D eigenvalue weighted by Gasteiger charge is 2.31. The summed E-state index contributed by atoms with van der Waals surface area (Å²) in [4.78, 5) is 29.4. The van der Waals surface area contributed by atoms with Crippen LogP contribution < -0.4 is 5.32 Å². The second-order valence-corrected chi connectivity index (χ2v) is 9.05. The maximum atomic E-state index is 13.0. The number of carbonyl (C=O) groups excluding carboxylic acids is 2. The molecule has 0 radical (unpaired) electrons. The number of fused-ring (bicyclic) bond motifs is 1. The second-order valence-electron chi connectivity index (χ2n) is 9.05. The molecule has 2 aliphatic heterocycles. The van der Waals surface area contributed by atoms with Crippen molar-refractivity contribution in [2.24, 2.45) is 0 Å². The van der Waals surface area contributed by atoms with Crippen LogP contribution >= 0.6 is 0 Å². The number of carbonyl (C=O) groups is 2. The van der Waals surface area contributed by atoms with E-state index in [-0.39, 0.29) is 29.7 Å². The molecule has 0 saturated carbocycles. The Balaban J connectivity index is 1.32. The molecular formula is C24H30F3N5O2. The number of hydrogen-bond donors (Lipinski definition) is 1. The molecule has 1 atom stereocenters. The van der Waals surface area contributed by atoms with Crippen molar-refractivity contribution >= 4 is 11.8 Å². The average Bonchev–Trinajstić information content (AvgIpc) is 3.25. The SMILES string of the molecule is CC1CCCCN1CCCNC(=O)c1cc2n(n1)CCN(Cc1cccc(C(F)(F)F)c1)C2=O. The van der Waals surface area contributed by atoms with Crippen LogP contribution in [0.5, 0.6) is 0 Å². The molecule has 0 bridgehead atoms. The Kier molecular flexibility index (Phi) is 7.25. The molecule has 2 amide bonds. The number of alkyl halides is 3. The lowest BCUT2D eigenvalue weighted by Gasteiger charge is -2.33. The molecule has 4 rings (SSSR count). The molecular weight excluding hydrogens is 447 g/mol. The molecule has 1 aromatic heterocycles. The Morgan fingerprint density at radius 3 is 2.76 bits per heavy atom. The van der Waals surface area contributed by atoms with Crippen LogP contribution in [0.4, 0.5) is 13.2 Å². The van der Waals surface area contributed by atoms with Crippen molar-refractivity contribution in [2.45, 2.75) is 57.9 Å². The van der Waals surface area contributed by atoms with Gasteiger partial charge in [0.15, 0.2) is 5.69 Å². The molecule has 0 spiro atoms. The quantitative estimate of drug-likeness (QED) is 0.620. The van der Waals surface area contributed by atoms with Crippen molar-refractivity contribution in [2.75, 3.05) is 26.2 Å². The number of rotatable bonds is 7. The highest BCUT2D eigenvalue weighted by Crippen LogP contribution is 2.30. The first-order valence-corrected chi connectivity index (χ1v) is 11.8. The van der Waals surface area contributed by atoms with E-state index in [1.165, 1.54) is 41.0 Å². The van der Waals surface area contributed by atoms with Gasteiger partial charge in [-0.1, -0.05) is 18.6 Å². The van der Waals surface area contributed by atoms with Crippen molar-refractivity contribution in [3.8, 4) is 0 Å². The van der Waals surface area contributed by atoms with Crippen LogP contribution in [0.2, 0.25) is 0 Å². The second kappa shape index (κ2) is 10.2. The van der Waals surface area contributed by atoms with Gasteiger partial charge in [0.05, 0.1) is 12.1 Å². The van der Waals surface area contributed by atoms with Gasteiger partial charge in [-0.2, -0.15) is 18.3 Å². The molecule has 10 heteroatoms. The number of aromatic nitrogens is 2. The summed E-state index contributed by atoms with van der Waals surface area (Å²) in [7, 11) is 0. The molecule has 0 aliphatic carbocycles. The third-order valence-corrected chi connectivity index (χ3v) is 6.58. The topological polar surface area (TPSA) is 70.5 Å². The zero-order chi connectivity index (χ0) is 24.3. The van der Waals surface area contributed by atoms with Crippen molar-refractivity contribution < 1.29 is 22.8 Å². The number of nitrogens with zero attached hydrogens (tertiary/aromatic N) is 4. The Hall–Kier alpha value is -2.88. The van der Waals surface area contributed by atoms with Crippen molar-refractivity contribution in [3.63, 3.8) is 0 Å². The number of amides is 2. The van der Waals surface area contributed by atoms with E-state index in [4.69, 9.17) is 0 Å². The first kappa shape index (κ1) is 24.3. The van der Waals surface area contributed by atoms with Gasteiger partial charge in [-0.3, -0.25) is 14.3 Å². The van der Waals surface area contributed by atoms with Crippen molar-refractivity contribution in [3.05, 3.63) is 52.8 Å². The van der Waals surface area contributed by atoms with E-state index in [2.05, 4.69) is 22.2 Å². The van der Waals surface area contributed by atoms with Crippen LogP contribution in [0.1, 0.15) is 64.7 Å². The molecule has 1 N–H and O–H groups in total. The van der Waals surface area contributed by atoms with Gasteiger partial charge in [-0.25, -0.2) is 0 Å². The Bertz CT molecular complexity index is 1040. The van der Waals surface area contributed by atoms with Gasteiger partial charge in [-0.05, 0) is 50.4 Å². The van der Waals surface area contributed by atoms with Crippen LogP contribution in [0.15, 0.2) is 30.3 Å². The number of likely N-dealkylation sites (tertiary alicyclic amines) is 1. The van der Waals surface area contributed by atoms with Crippen LogP contribution in [0, 0.1) is 0 Å². The van der Waals surface area contributed by atoms with Crippen LogP contribution in [-0.4, -0.2) is 63.6 Å². The summed E-state index contributed by atoms with van der Waals surface area (Å²) in [6.07, 6.45) is 0.110. The van der Waals surface area contributed by atoms with E-state index in [9.17, 15) is 22.8 Å². The third kappa shape index (κ3) is 5.60. The van der Waals surface area contributed by atoms with Crippen LogP contribution in [0.25, 0.3) is 0 Å². The van der Waals surface area contributed by atoms with Gasteiger partial charge < -0.3 is 15.1 Å². The Morgan fingerprint density at radius 2 is 2.00 bits per heavy atom. The normalized spacial score (nSPS) is 19.2. The fourth-order valence-corrected chi connectivity index (χ4v) is 4.63. The van der Waals surface area contributed by atoms with Crippen molar-refractivity contribution in [1.29, 1.82) is 0 Å². The number of nitrogens with one attached hydrogen (secondary N) is 1. The summed E-state index contributed by atoms with van der Waals surface area (Å²) < 4.78 is 40.5. The van der Waals surface area contributed by atoms with E-state index < -0.39 is 11.7 Å². The molecule has 34 heavy (non-hydrogen) atoms. The molecule has 2 aliphatic rings. The smallest absolute Gasteiger partial charge is 0.351 e. The number of benzene rings is 1. The molecule has 184 valence electrons. The van der Waals surface area contributed by atoms with E-state index >= 15 is 0 Å². The van der Waals surface area contributed by atoms with Crippen LogP contribution in [-0.2, 0) is 19.3 Å². The minimum Gasteiger partial charge on any atom is -0.351 e. The fraction of sp³-hybridized carbons (Fsp3) is 0.542. The summed E-state index contributed by atoms with van der Waals surface area (Å²) >= 11 is 0. The Morgan fingerprint density at radius 1 is 1.18 bits per heavy atom. The highest BCUT2D eigenvalue weighted by molar-refractivity contribution is 5.98. The summed E-state index contributed by atoms with van der Waals surface area (Å²) in [6, 6.07) is 7.01. The van der Waals surface area contributed by atoms with Gasteiger partial charge in [-0.15, -0.1) is 0 Å². The molecule has 1 unspecified atom stereocenters. The predicted octanol–water partition coefficient (Wildman–Crippen LogP) is 3.55. The van der Waals surface area contributed by atoms with Gasteiger partial charge in [0.2, 0.25) is 0 Å². The van der Waals surface area contributed by atoms with Gasteiger partial charge in [0.25, 0.3) is 11.8 Å². The first-order valence-electron chi connectivity index (χ1n) is 11.8. The summed E-state index contributed by atoms with van der Waals surface area (Å²) in [5, 5.41) is 7.14. The lowest BCUT2D eigenvalue weighted by atomic mass is 10.0. The van der Waals surface area contributed by atoms with E-state index in [1.54, 1.807) is 6.07 Å². The molecule has 2 aromatic rings. The maximum Gasteiger partial charge on any atom is 0.416 e. The third-order valence-electron chi connectivity index (χ3n) is 6.58. The van der Waals surface area contributed by atoms with E-state index in [1.807, 2.05) is 0 Å². The summed E-state index contributed by atoms with van der Waals surface area (Å²) in [5.74, 6) is -0.680. The zero-order valence-electron chi connectivity index (χ0n) is 19.3. The van der Waals surface area contributed by atoms with E-state index in [0.29, 0.717) is 31.2 Å². The minimum atomic E-state index is -4.44. The monoisotopic (exact) mass is 477 g/mol. The van der Waals surface area contributed by atoms with Gasteiger partial charge >= 0.3 is 6.18 Å². The standard InChI is InChI=1S/C24H30F3N5O2/c1-17-6-2-3-10-30(17)11-5-9-28-22(33)20-15-21-23(34)31(12-13-32(21)29-20)16-18-7-4-8-19(14-18)24(25,26)27/h4,7-8,14-15,17H,2-3,5-6,9-13,16H2,1H3,(H,28,33). The lowest BCUT2D eigenvalue weighted by molar-refractivity contribution is -0.137. The zero-order valence-corrected chi connectivity index (χ0v) is 19.3. The summed E-state index contributed by atoms with van der Waals surface area (Å²) in [5.41, 5.74) is 0.103. The fourth-order valence-electron chi connectivity index (χ4n) is 4.63. The largest absolute Gasteiger partial charge is 0.416 e. The molecule has 1 aromatic carbocycles. The Labute approximate surface area is 196 Å². The molecule has 1 saturated heterocycles. The average molecular weight is 478 g/mol. The highest BCUT2D eigenvalue weighted by atomic mass is 19.4. The molecule has 1 fully saturated rings. The number of halogens is 3. The molecule has 7 nitrogen and oxygen atoms in total. The predicted molar refractivity (Wildman–Crippen MR) is 120 cm³/mol. The minimum absolute atomic E-state index is 0.0599. The van der Waals surface area contributed by atoms with Crippen molar-refractivity contribution in [1.82, 2.24) is 24.9 Å². The summed E-state index contributed by atoms with van der Waals surface area (Å²) in [6.45, 7) is 5.54. The van der Waals surface area contributed by atoms with E-state index in [0.717, 1.165) is 31.6 Å². The maximum absolute atomic E-state index is 13.0. The van der Waals surface area contributed by atoms with Crippen LogP contribution in [0.3, 0.4) is 0 Å². The first-order chi connectivity index (χ1) is 16.2.